The van der Waals surface area contributed by atoms with Crippen LogP contribution in [0.5, 0.6) is 0 Å². The highest BCUT2D eigenvalue weighted by atomic mass is 79.9. The van der Waals surface area contributed by atoms with Gasteiger partial charge in [-0.25, -0.2) is 4.79 Å². The maximum atomic E-state index is 12.0. The van der Waals surface area contributed by atoms with E-state index in [4.69, 9.17) is 4.74 Å². The molecule has 1 aliphatic heterocycles. The Kier molecular flexibility index (Phi) is 3.77. The molecule has 1 aliphatic rings. The number of ether oxygens (including phenoxy) is 1. The summed E-state index contributed by atoms with van der Waals surface area (Å²) in [5.74, 6) is -0.413. The molecule has 0 atom stereocenters. The standard InChI is InChI=1S/C16H10BrNO4/c17-12-3-1-2-11(8-12)14-9-22-16(19)15(14)10-4-6-13(7-5-10)18(20)21/h1-8H,9H2. The van der Waals surface area contributed by atoms with Crippen molar-refractivity contribution in [1.29, 1.82) is 0 Å². The largest absolute Gasteiger partial charge is 0.457 e. The molecule has 2 aromatic rings. The summed E-state index contributed by atoms with van der Waals surface area (Å²) in [6.45, 7) is 0.196. The Hall–Kier alpha value is -2.47. The van der Waals surface area contributed by atoms with E-state index in [0.29, 0.717) is 11.1 Å². The number of esters is 1. The van der Waals surface area contributed by atoms with Gasteiger partial charge in [-0.3, -0.25) is 10.1 Å². The van der Waals surface area contributed by atoms with Crippen LogP contribution in [0.15, 0.2) is 53.0 Å². The van der Waals surface area contributed by atoms with Gasteiger partial charge in [-0.1, -0.05) is 28.1 Å². The van der Waals surface area contributed by atoms with Gasteiger partial charge in [0.25, 0.3) is 5.69 Å². The second kappa shape index (κ2) is 5.73. The Bertz CT molecular complexity index is 796. The van der Waals surface area contributed by atoms with Crippen molar-refractivity contribution in [2.45, 2.75) is 0 Å². The quantitative estimate of drug-likeness (QED) is 0.474. The van der Waals surface area contributed by atoms with Crippen molar-refractivity contribution < 1.29 is 14.5 Å². The summed E-state index contributed by atoms with van der Waals surface area (Å²) in [5, 5.41) is 10.7. The Morgan fingerprint density at radius 1 is 1.09 bits per heavy atom. The molecular formula is C16H10BrNO4. The monoisotopic (exact) mass is 359 g/mol. The molecule has 0 bridgehead atoms. The number of non-ortho nitro benzene ring substituents is 1. The number of hydrogen-bond acceptors (Lipinski definition) is 4. The topological polar surface area (TPSA) is 69.4 Å². The Labute approximate surface area is 134 Å². The van der Waals surface area contributed by atoms with Crippen molar-refractivity contribution >= 4 is 38.7 Å². The molecule has 0 aromatic heterocycles. The molecule has 0 fully saturated rings. The molecule has 5 nitrogen and oxygen atoms in total. The fourth-order valence-corrected chi connectivity index (χ4v) is 2.75. The second-order valence-electron chi connectivity index (χ2n) is 4.74. The molecule has 3 rings (SSSR count). The zero-order chi connectivity index (χ0) is 15.7. The van der Waals surface area contributed by atoms with E-state index >= 15 is 0 Å². The van der Waals surface area contributed by atoms with Gasteiger partial charge in [0.05, 0.1) is 10.5 Å². The molecule has 0 N–H and O–H groups in total. The average molecular weight is 360 g/mol. The maximum absolute atomic E-state index is 12.0. The Morgan fingerprint density at radius 2 is 1.82 bits per heavy atom. The highest BCUT2D eigenvalue weighted by molar-refractivity contribution is 9.10. The molecule has 0 radical (unpaired) electrons. The average Bonchev–Trinajstić information content (AvgIpc) is 2.89. The van der Waals surface area contributed by atoms with E-state index in [2.05, 4.69) is 15.9 Å². The van der Waals surface area contributed by atoms with Crippen LogP contribution in [0.1, 0.15) is 11.1 Å². The second-order valence-corrected chi connectivity index (χ2v) is 5.66. The molecule has 0 saturated heterocycles. The lowest BCUT2D eigenvalue weighted by Gasteiger charge is -2.05. The Morgan fingerprint density at radius 3 is 2.45 bits per heavy atom. The number of rotatable bonds is 3. The van der Waals surface area contributed by atoms with E-state index < -0.39 is 10.9 Å². The van der Waals surface area contributed by atoms with E-state index in [-0.39, 0.29) is 12.3 Å². The fraction of sp³-hybridized carbons (Fsp3) is 0.0625. The summed E-state index contributed by atoms with van der Waals surface area (Å²) in [6.07, 6.45) is 0. The predicted molar refractivity (Wildman–Crippen MR) is 85.0 cm³/mol. The normalized spacial score (nSPS) is 14.1. The van der Waals surface area contributed by atoms with Crippen molar-refractivity contribution in [3.05, 3.63) is 74.2 Å². The van der Waals surface area contributed by atoms with E-state index in [1.165, 1.54) is 12.1 Å². The number of benzene rings is 2. The highest BCUT2D eigenvalue weighted by Gasteiger charge is 2.27. The van der Waals surface area contributed by atoms with E-state index in [1.807, 2.05) is 24.3 Å². The van der Waals surface area contributed by atoms with Gasteiger partial charge in [0.15, 0.2) is 0 Å². The number of nitrogens with zero attached hydrogens (tertiary/aromatic N) is 1. The third-order valence-electron chi connectivity index (χ3n) is 3.39. The molecule has 0 unspecified atom stereocenters. The lowest BCUT2D eigenvalue weighted by atomic mass is 9.96. The van der Waals surface area contributed by atoms with Crippen LogP contribution in [0, 0.1) is 10.1 Å². The van der Waals surface area contributed by atoms with Gasteiger partial charge in [-0.2, -0.15) is 0 Å². The van der Waals surface area contributed by atoms with Crippen LogP contribution >= 0.6 is 15.9 Å². The predicted octanol–water partition coefficient (Wildman–Crippen LogP) is 3.82. The van der Waals surface area contributed by atoms with Crippen molar-refractivity contribution in [2.24, 2.45) is 0 Å². The van der Waals surface area contributed by atoms with Gasteiger partial charge in [0, 0.05) is 22.2 Å². The summed E-state index contributed by atoms with van der Waals surface area (Å²) in [7, 11) is 0. The van der Waals surface area contributed by atoms with Gasteiger partial charge >= 0.3 is 5.97 Å². The SMILES string of the molecule is O=C1OCC(c2cccc(Br)c2)=C1c1ccc([N+](=O)[O-])cc1. The lowest BCUT2D eigenvalue weighted by molar-refractivity contribution is -0.384. The van der Waals surface area contributed by atoms with E-state index in [9.17, 15) is 14.9 Å². The number of cyclic esters (lactones) is 1. The van der Waals surface area contributed by atoms with Crippen LogP contribution in [-0.4, -0.2) is 17.5 Å². The first kappa shape index (κ1) is 14.5. The molecule has 22 heavy (non-hydrogen) atoms. The maximum Gasteiger partial charge on any atom is 0.339 e. The van der Waals surface area contributed by atoms with Crippen LogP contribution in [0.3, 0.4) is 0 Å². The molecule has 1 heterocycles. The number of nitro groups is 1. The molecular weight excluding hydrogens is 350 g/mol. The van der Waals surface area contributed by atoms with Crippen LogP contribution in [0.4, 0.5) is 5.69 Å². The fourth-order valence-electron chi connectivity index (χ4n) is 2.35. The van der Waals surface area contributed by atoms with Gasteiger partial charge < -0.3 is 4.74 Å². The summed E-state index contributed by atoms with van der Waals surface area (Å²) >= 11 is 3.40. The molecule has 6 heteroatoms. The molecule has 0 spiro atoms. The zero-order valence-electron chi connectivity index (χ0n) is 11.3. The van der Waals surface area contributed by atoms with Crippen molar-refractivity contribution in [3.8, 4) is 0 Å². The third kappa shape index (κ3) is 2.65. The van der Waals surface area contributed by atoms with Gasteiger partial charge in [-0.05, 0) is 35.4 Å². The minimum Gasteiger partial charge on any atom is -0.457 e. The number of nitro benzene ring substituents is 1. The summed E-state index contributed by atoms with van der Waals surface area (Å²) in [6, 6.07) is 13.5. The van der Waals surface area contributed by atoms with Gasteiger partial charge in [0.1, 0.15) is 6.61 Å². The van der Waals surface area contributed by atoms with Gasteiger partial charge in [-0.15, -0.1) is 0 Å². The van der Waals surface area contributed by atoms with Gasteiger partial charge in [0.2, 0.25) is 0 Å². The molecule has 110 valence electrons. The summed E-state index contributed by atoms with van der Waals surface area (Å²) in [4.78, 5) is 22.3. The summed E-state index contributed by atoms with van der Waals surface area (Å²) < 4.78 is 6.04. The Balaban J connectivity index is 2.10. The lowest BCUT2D eigenvalue weighted by Crippen LogP contribution is -1.98. The number of carbonyl (C=O) groups excluding carboxylic acids is 1. The summed E-state index contributed by atoms with van der Waals surface area (Å²) in [5.41, 5.74) is 2.71. The van der Waals surface area contributed by atoms with Crippen molar-refractivity contribution in [2.75, 3.05) is 6.61 Å². The molecule has 0 aliphatic carbocycles. The highest BCUT2D eigenvalue weighted by Crippen LogP contribution is 2.34. The molecule has 0 saturated carbocycles. The first-order valence-corrected chi connectivity index (χ1v) is 7.26. The zero-order valence-corrected chi connectivity index (χ0v) is 12.9. The van der Waals surface area contributed by atoms with Crippen LogP contribution in [0.2, 0.25) is 0 Å². The minimum atomic E-state index is -0.472. The van der Waals surface area contributed by atoms with E-state index in [0.717, 1.165) is 15.6 Å². The van der Waals surface area contributed by atoms with Crippen LogP contribution in [0.25, 0.3) is 11.1 Å². The number of carbonyl (C=O) groups is 1. The first-order chi connectivity index (χ1) is 10.6. The molecule has 2 aromatic carbocycles. The van der Waals surface area contributed by atoms with Crippen LogP contribution in [-0.2, 0) is 9.53 Å². The number of halogens is 1. The van der Waals surface area contributed by atoms with Crippen LogP contribution < -0.4 is 0 Å². The smallest absolute Gasteiger partial charge is 0.339 e. The number of hydrogen-bond donors (Lipinski definition) is 0. The third-order valence-corrected chi connectivity index (χ3v) is 3.89. The minimum absolute atomic E-state index is 0.0141. The van der Waals surface area contributed by atoms with E-state index in [1.54, 1.807) is 12.1 Å². The van der Waals surface area contributed by atoms with Crippen molar-refractivity contribution in [1.82, 2.24) is 0 Å². The van der Waals surface area contributed by atoms with Crippen molar-refractivity contribution in [3.63, 3.8) is 0 Å². The molecule has 0 amide bonds. The first-order valence-electron chi connectivity index (χ1n) is 6.47.